The number of carbonyl (C=O) groups excluding carboxylic acids is 2. The van der Waals surface area contributed by atoms with Gasteiger partial charge in [0, 0.05) is 13.1 Å². The summed E-state index contributed by atoms with van der Waals surface area (Å²) in [7, 11) is -3.57. The van der Waals surface area contributed by atoms with Gasteiger partial charge in [-0.15, -0.1) is 0 Å². The van der Waals surface area contributed by atoms with Gasteiger partial charge in [-0.3, -0.25) is 9.59 Å². The molecule has 1 saturated heterocycles. The van der Waals surface area contributed by atoms with Crippen LogP contribution in [0, 0.1) is 12.8 Å². The van der Waals surface area contributed by atoms with E-state index in [1.807, 2.05) is 6.92 Å². The molecule has 1 amide bonds. The van der Waals surface area contributed by atoms with E-state index in [-0.39, 0.29) is 46.5 Å². The van der Waals surface area contributed by atoms with Gasteiger partial charge in [-0.25, -0.2) is 8.42 Å². The smallest absolute Gasteiger partial charge is 0.310 e. The zero-order valence-corrected chi connectivity index (χ0v) is 17.4. The van der Waals surface area contributed by atoms with Gasteiger partial charge >= 0.3 is 5.97 Å². The minimum absolute atomic E-state index is 0.0728. The summed E-state index contributed by atoms with van der Waals surface area (Å²) in [6.45, 7) is 4.73. The van der Waals surface area contributed by atoms with Gasteiger partial charge < -0.3 is 14.1 Å². The summed E-state index contributed by atoms with van der Waals surface area (Å²) in [5, 5.41) is 0. The predicted octanol–water partition coefficient (Wildman–Crippen LogP) is 2.98. The van der Waals surface area contributed by atoms with Crippen molar-refractivity contribution in [3.8, 4) is 0 Å². The highest BCUT2D eigenvalue weighted by molar-refractivity contribution is 7.90. The molecule has 1 aromatic heterocycles. The van der Waals surface area contributed by atoms with Crippen molar-refractivity contribution >= 4 is 21.7 Å². The lowest BCUT2D eigenvalue weighted by Gasteiger charge is -2.30. The van der Waals surface area contributed by atoms with Crippen molar-refractivity contribution in [1.82, 2.24) is 4.90 Å². The number of esters is 1. The number of benzene rings is 1. The third-order valence-corrected chi connectivity index (χ3v) is 6.57. The number of piperidine rings is 1. The van der Waals surface area contributed by atoms with Crippen LogP contribution in [-0.4, -0.2) is 44.9 Å². The molecule has 29 heavy (non-hydrogen) atoms. The van der Waals surface area contributed by atoms with Crippen LogP contribution in [0.1, 0.15) is 41.6 Å². The van der Waals surface area contributed by atoms with Crippen molar-refractivity contribution in [2.45, 2.75) is 37.3 Å². The summed E-state index contributed by atoms with van der Waals surface area (Å²) in [4.78, 5) is 26.5. The molecule has 1 fully saturated rings. The first kappa shape index (κ1) is 21.1. The number of sulfone groups is 1. The molecule has 1 aliphatic heterocycles. The fourth-order valence-corrected chi connectivity index (χ4v) is 4.60. The standard InChI is InChI=1S/C21H25NO6S/c1-3-27-21(24)16-5-4-12-22(13-16)20(23)19-11-8-17(28-19)14-29(25,26)18-9-6-15(2)7-10-18/h6-11,16H,3-5,12-14H2,1-2H3/t16-/m1/s1. The van der Waals surface area contributed by atoms with Crippen LogP contribution in [0.4, 0.5) is 0 Å². The second-order valence-electron chi connectivity index (χ2n) is 7.18. The highest BCUT2D eigenvalue weighted by atomic mass is 32.2. The van der Waals surface area contributed by atoms with E-state index in [4.69, 9.17) is 9.15 Å². The molecule has 0 radical (unpaired) electrons. The molecule has 0 unspecified atom stereocenters. The molecule has 0 aliphatic carbocycles. The van der Waals surface area contributed by atoms with Crippen LogP contribution in [0.3, 0.4) is 0 Å². The van der Waals surface area contributed by atoms with E-state index in [0.29, 0.717) is 26.0 Å². The van der Waals surface area contributed by atoms with Gasteiger partial charge in [0.1, 0.15) is 11.5 Å². The molecule has 1 atom stereocenters. The maximum atomic E-state index is 12.7. The number of hydrogen-bond donors (Lipinski definition) is 0. The number of furan rings is 1. The van der Waals surface area contributed by atoms with Gasteiger partial charge in [-0.2, -0.15) is 0 Å². The van der Waals surface area contributed by atoms with Crippen molar-refractivity contribution in [2.75, 3.05) is 19.7 Å². The van der Waals surface area contributed by atoms with Crippen molar-refractivity contribution in [3.05, 3.63) is 53.5 Å². The number of amides is 1. The molecular formula is C21H25NO6S. The van der Waals surface area contributed by atoms with Crippen LogP contribution < -0.4 is 0 Å². The molecule has 3 rings (SSSR count). The third-order valence-electron chi connectivity index (χ3n) is 4.91. The first-order chi connectivity index (χ1) is 13.8. The maximum Gasteiger partial charge on any atom is 0.310 e. The summed E-state index contributed by atoms with van der Waals surface area (Å²) < 4.78 is 35.7. The first-order valence-electron chi connectivity index (χ1n) is 9.64. The van der Waals surface area contributed by atoms with Gasteiger partial charge in [0.05, 0.1) is 17.4 Å². The van der Waals surface area contributed by atoms with Gasteiger partial charge in [-0.1, -0.05) is 17.7 Å². The third kappa shape index (κ3) is 5.06. The summed E-state index contributed by atoms with van der Waals surface area (Å²) in [5.74, 6) is -1.04. The lowest BCUT2D eigenvalue weighted by atomic mass is 9.98. The Morgan fingerprint density at radius 2 is 1.90 bits per heavy atom. The second kappa shape index (κ2) is 8.82. The molecule has 2 aromatic rings. The van der Waals surface area contributed by atoms with Crippen molar-refractivity contribution in [3.63, 3.8) is 0 Å². The zero-order valence-electron chi connectivity index (χ0n) is 16.6. The average molecular weight is 419 g/mol. The van der Waals surface area contributed by atoms with Crippen LogP contribution in [0.2, 0.25) is 0 Å². The minimum Gasteiger partial charge on any atom is -0.466 e. The number of ether oxygens (including phenoxy) is 1. The Hall–Kier alpha value is -2.61. The predicted molar refractivity (Wildman–Crippen MR) is 106 cm³/mol. The Morgan fingerprint density at radius 1 is 1.17 bits per heavy atom. The van der Waals surface area contributed by atoms with Gasteiger partial charge in [0.25, 0.3) is 5.91 Å². The van der Waals surface area contributed by atoms with Crippen LogP contribution in [0.25, 0.3) is 0 Å². The number of likely N-dealkylation sites (tertiary alicyclic amines) is 1. The van der Waals surface area contributed by atoms with Crippen LogP contribution in [0.5, 0.6) is 0 Å². The Morgan fingerprint density at radius 3 is 2.59 bits per heavy atom. The van der Waals surface area contributed by atoms with E-state index in [0.717, 1.165) is 5.56 Å². The largest absolute Gasteiger partial charge is 0.466 e. The van der Waals surface area contributed by atoms with E-state index in [1.165, 1.54) is 12.1 Å². The number of carbonyl (C=O) groups is 2. The van der Waals surface area contributed by atoms with Crippen molar-refractivity contribution < 1.29 is 27.2 Å². The van der Waals surface area contributed by atoms with Crippen LogP contribution in [0.15, 0.2) is 45.7 Å². The summed E-state index contributed by atoms with van der Waals surface area (Å²) in [5.41, 5.74) is 0.970. The highest BCUT2D eigenvalue weighted by Gasteiger charge is 2.31. The zero-order chi connectivity index (χ0) is 21.0. The molecule has 2 heterocycles. The highest BCUT2D eigenvalue weighted by Crippen LogP contribution is 2.23. The lowest BCUT2D eigenvalue weighted by Crippen LogP contribution is -2.42. The van der Waals surface area contributed by atoms with E-state index in [2.05, 4.69) is 0 Å². The number of nitrogens with zero attached hydrogens (tertiary/aromatic N) is 1. The van der Waals surface area contributed by atoms with E-state index < -0.39 is 9.84 Å². The topological polar surface area (TPSA) is 93.9 Å². The van der Waals surface area contributed by atoms with Crippen LogP contribution in [-0.2, 0) is 25.1 Å². The lowest BCUT2D eigenvalue weighted by molar-refractivity contribution is -0.149. The molecule has 156 valence electrons. The number of rotatable bonds is 6. The molecule has 0 saturated carbocycles. The van der Waals surface area contributed by atoms with Gasteiger partial charge in [-0.05, 0) is 51.0 Å². The maximum absolute atomic E-state index is 12.7. The van der Waals surface area contributed by atoms with E-state index >= 15 is 0 Å². The minimum atomic E-state index is -3.57. The van der Waals surface area contributed by atoms with Gasteiger partial charge in [0.2, 0.25) is 0 Å². The van der Waals surface area contributed by atoms with Gasteiger partial charge in [0.15, 0.2) is 15.6 Å². The first-order valence-corrected chi connectivity index (χ1v) is 11.3. The Balaban J connectivity index is 1.68. The molecule has 7 nitrogen and oxygen atoms in total. The SMILES string of the molecule is CCOC(=O)[C@@H]1CCCN(C(=O)c2ccc(CS(=O)(=O)c3ccc(C)cc3)o2)C1. The Bertz CT molecular complexity index is 977. The quantitative estimate of drug-likeness (QED) is 0.668. The molecule has 8 heteroatoms. The van der Waals surface area contributed by atoms with E-state index in [9.17, 15) is 18.0 Å². The molecule has 0 bridgehead atoms. The Kier molecular flexibility index (Phi) is 6.42. The average Bonchev–Trinajstić information content (AvgIpc) is 3.15. The number of aryl methyl sites for hydroxylation is 1. The van der Waals surface area contributed by atoms with Crippen LogP contribution >= 0.6 is 0 Å². The van der Waals surface area contributed by atoms with E-state index in [1.54, 1.807) is 36.1 Å². The fraction of sp³-hybridized carbons (Fsp3) is 0.429. The van der Waals surface area contributed by atoms with Crippen molar-refractivity contribution in [2.24, 2.45) is 5.92 Å². The normalized spacial score (nSPS) is 17.2. The molecular weight excluding hydrogens is 394 g/mol. The monoisotopic (exact) mass is 419 g/mol. The number of hydrogen-bond acceptors (Lipinski definition) is 6. The second-order valence-corrected chi connectivity index (χ2v) is 9.17. The molecule has 1 aromatic carbocycles. The summed E-state index contributed by atoms with van der Waals surface area (Å²) in [6, 6.07) is 9.58. The summed E-state index contributed by atoms with van der Waals surface area (Å²) in [6.07, 6.45) is 1.38. The molecule has 0 N–H and O–H groups in total. The Labute approximate surface area is 170 Å². The summed E-state index contributed by atoms with van der Waals surface area (Å²) >= 11 is 0. The molecule has 1 aliphatic rings. The fourth-order valence-electron chi connectivity index (χ4n) is 3.36. The van der Waals surface area contributed by atoms with Crippen molar-refractivity contribution in [1.29, 1.82) is 0 Å². The molecule has 0 spiro atoms.